The lowest BCUT2D eigenvalue weighted by Crippen LogP contribution is -2.54. The largest absolute Gasteiger partial charge is 0.490 e. The minimum atomic E-state index is -0.676. The molecule has 0 radical (unpaired) electrons. The lowest BCUT2D eigenvalue weighted by Gasteiger charge is -2.29. The van der Waals surface area contributed by atoms with Gasteiger partial charge in [0.25, 0.3) is 11.8 Å². The first-order valence-corrected chi connectivity index (χ1v) is 13.1. The van der Waals surface area contributed by atoms with Gasteiger partial charge in [-0.15, -0.1) is 0 Å². The third-order valence-electron chi connectivity index (χ3n) is 5.74. The fraction of sp³-hybridized carbons (Fsp3) is 0.148. The monoisotopic (exact) mass is 604 g/mol. The number of ether oxygens (including phenoxy) is 4. The van der Waals surface area contributed by atoms with Crippen LogP contribution in [0.1, 0.15) is 18.1 Å². The zero-order valence-corrected chi connectivity index (χ0v) is 23.3. The normalized spacial score (nSPS) is 15.5. The van der Waals surface area contributed by atoms with Gasteiger partial charge in [0.1, 0.15) is 12.2 Å². The third-order valence-corrected chi connectivity index (χ3v) is 7.11. The lowest BCUT2D eigenvalue weighted by atomic mass is 10.1. The van der Waals surface area contributed by atoms with Crippen molar-refractivity contribution in [3.63, 3.8) is 0 Å². The van der Waals surface area contributed by atoms with E-state index < -0.39 is 11.8 Å². The van der Waals surface area contributed by atoms with Crippen LogP contribution in [0.25, 0.3) is 6.08 Å². The number of nitrogens with one attached hydrogen (secondary N) is 1. The van der Waals surface area contributed by atoms with Gasteiger partial charge in [0.05, 0.1) is 27.4 Å². The fourth-order valence-corrected chi connectivity index (χ4v) is 4.90. The predicted octanol–water partition coefficient (Wildman–Crippen LogP) is 6.18. The highest BCUT2D eigenvalue weighted by atomic mass is 35.5. The van der Waals surface area contributed by atoms with E-state index in [1.54, 1.807) is 36.4 Å². The van der Waals surface area contributed by atoms with Crippen LogP contribution in [0, 0.1) is 0 Å². The lowest BCUT2D eigenvalue weighted by molar-refractivity contribution is -0.122. The number of amides is 2. The van der Waals surface area contributed by atoms with Crippen molar-refractivity contribution in [2.24, 2.45) is 0 Å². The van der Waals surface area contributed by atoms with Crippen LogP contribution in [-0.4, -0.2) is 30.3 Å². The zero-order chi connectivity index (χ0) is 27.7. The number of halogens is 3. The molecule has 8 nitrogen and oxygen atoms in total. The van der Waals surface area contributed by atoms with Gasteiger partial charge >= 0.3 is 0 Å². The second-order valence-corrected chi connectivity index (χ2v) is 9.85. The van der Waals surface area contributed by atoms with Crippen LogP contribution in [0.3, 0.4) is 0 Å². The number of hydrogen-bond acceptors (Lipinski definition) is 7. The van der Waals surface area contributed by atoms with Crippen molar-refractivity contribution < 1.29 is 28.5 Å². The maximum absolute atomic E-state index is 13.4. The van der Waals surface area contributed by atoms with Crippen molar-refractivity contribution in [2.45, 2.75) is 13.5 Å². The Labute approximate surface area is 243 Å². The summed E-state index contributed by atoms with van der Waals surface area (Å²) < 4.78 is 22.5. The van der Waals surface area contributed by atoms with Crippen LogP contribution >= 0.6 is 47.0 Å². The number of rotatable bonds is 7. The first kappa shape index (κ1) is 27.1. The zero-order valence-electron chi connectivity index (χ0n) is 20.3. The third kappa shape index (κ3) is 5.49. The van der Waals surface area contributed by atoms with Gasteiger partial charge in [-0.25, -0.2) is 0 Å². The van der Waals surface area contributed by atoms with Gasteiger partial charge in [0.15, 0.2) is 28.1 Å². The molecule has 0 aliphatic carbocycles. The molecule has 39 heavy (non-hydrogen) atoms. The van der Waals surface area contributed by atoms with E-state index in [-0.39, 0.29) is 44.8 Å². The summed E-state index contributed by atoms with van der Waals surface area (Å²) in [6.07, 6.45) is 1.39. The summed E-state index contributed by atoms with van der Waals surface area (Å²) in [5.41, 5.74) is 1.32. The standard InChI is InChI=1S/C27H19Cl3N2O6S/c1-2-35-22-11-15(9-18(29)24(22)36-12-14-6-7-20-21(10-14)38-13-37-20)8-16-25(33)31-27(39)32(26(16)34)19-5-3-4-17(28)23(19)30/h3-11H,2,12-13H2,1H3,(H,31,33,39)/b16-8+. The van der Waals surface area contributed by atoms with Crippen LogP contribution < -0.4 is 29.2 Å². The van der Waals surface area contributed by atoms with Gasteiger partial charge in [0, 0.05) is 0 Å². The molecule has 0 aromatic heterocycles. The maximum Gasteiger partial charge on any atom is 0.270 e. The summed E-state index contributed by atoms with van der Waals surface area (Å²) >= 11 is 24.3. The first-order valence-electron chi connectivity index (χ1n) is 11.6. The molecule has 0 saturated carbocycles. The van der Waals surface area contributed by atoms with E-state index >= 15 is 0 Å². The molecule has 0 spiro atoms. The second kappa shape index (κ2) is 11.3. The first-order chi connectivity index (χ1) is 18.8. The Balaban J connectivity index is 1.44. The summed E-state index contributed by atoms with van der Waals surface area (Å²) in [6.45, 7) is 2.50. The number of hydrogen-bond donors (Lipinski definition) is 1. The Morgan fingerprint density at radius 3 is 2.62 bits per heavy atom. The van der Waals surface area contributed by atoms with Crippen LogP contribution in [0.15, 0.2) is 54.1 Å². The number of fused-ring (bicyclic) bond motifs is 1. The molecule has 1 N–H and O–H groups in total. The van der Waals surface area contributed by atoms with E-state index in [1.165, 1.54) is 6.08 Å². The van der Waals surface area contributed by atoms with Crippen molar-refractivity contribution in [3.8, 4) is 23.0 Å². The SMILES string of the molecule is CCOc1cc(/C=C2\C(=O)NC(=S)N(c3cccc(Cl)c3Cl)C2=O)cc(Cl)c1OCc1ccc2c(c1)OCO2. The Hall–Kier alpha value is -3.50. The minimum absolute atomic E-state index is 0.119. The van der Waals surface area contributed by atoms with Crippen LogP contribution in [-0.2, 0) is 16.2 Å². The second-order valence-electron chi connectivity index (χ2n) is 8.27. The number of anilines is 1. The highest BCUT2D eigenvalue weighted by Gasteiger charge is 2.36. The Morgan fingerprint density at radius 2 is 1.82 bits per heavy atom. The molecule has 5 rings (SSSR count). The summed E-state index contributed by atoms with van der Waals surface area (Å²) in [7, 11) is 0. The Kier molecular flexibility index (Phi) is 7.86. The maximum atomic E-state index is 13.4. The van der Waals surface area contributed by atoms with E-state index in [2.05, 4.69) is 5.32 Å². The summed E-state index contributed by atoms with van der Waals surface area (Å²) in [4.78, 5) is 27.3. The molecular weight excluding hydrogens is 587 g/mol. The van der Waals surface area contributed by atoms with E-state index in [1.807, 2.05) is 19.1 Å². The molecule has 1 fully saturated rings. The number of benzene rings is 3. The molecule has 0 bridgehead atoms. The number of thiocarbonyl (C=S) groups is 1. The molecule has 3 aromatic rings. The van der Waals surface area contributed by atoms with Crippen LogP contribution in [0.5, 0.6) is 23.0 Å². The van der Waals surface area contributed by atoms with Gasteiger partial charge in [-0.05, 0) is 72.7 Å². The molecule has 2 amide bonds. The average Bonchev–Trinajstić information content (AvgIpc) is 3.37. The highest BCUT2D eigenvalue weighted by molar-refractivity contribution is 7.80. The van der Waals surface area contributed by atoms with E-state index in [4.69, 9.17) is 66.0 Å². The van der Waals surface area contributed by atoms with Crippen LogP contribution in [0.4, 0.5) is 5.69 Å². The topological polar surface area (TPSA) is 86.3 Å². The molecule has 0 atom stereocenters. The quantitative estimate of drug-likeness (QED) is 0.195. The van der Waals surface area contributed by atoms with Gasteiger partial charge in [0.2, 0.25) is 6.79 Å². The summed E-state index contributed by atoms with van der Waals surface area (Å²) in [6, 6.07) is 13.4. The average molecular weight is 606 g/mol. The molecule has 0 unspecified atom stereocenters. The van der Waals surface area contributed by atoms with Crippen molar-refractivity contribution in [1.29, 1.82) is 0 Å². The number of carbonyl (C=O) groups excluding carboxylic acids is 2. The molecule has 12 heteroatoms. The van der Waals surface area contributed by atoms with Crippen LogP contribution in [0.2, 0.25) is 15.1 Å². The van der Waals surface area contributed by atoms with E-state index in [0.29, 0.717) is 35.2 Å². The van der Waals surface area contributed by atoms with E-state index in [0.717, 1.165) is 10.5 Å². The molecular formula is C27H19Cl3N2O6S. The molecule has 1 saturated heterocycles. The van der Waals surface area contributed by atoms with E-state index in [9.17, 15) is 9.59 Å². The Morgan fingerprint density at radius 1 is 1.03 bits per heavy atom. The summed E-state index contributed by atoms with van der Waals surface area (Å²) in [5.74, 6) is 0.610. The van der Waals surface area contributed by atoms with Gasteiger partial charge < -0.3 is 18.9 Å². The van der Waals surface area contributed by atoms with Crippen molar-refractivity contribution in [1.82, 2.24) is 5.32 Å². The molecule has 3 aromatic carbocycles. The minimum Gasteiger partial charge on any atom is -0.490 e. The fourth-order valence-electron chi connectivity index (χ4n) is 3.97. The number of nitrogens with zero attached hydrogens (tertiary/aromatic N) is 1. The number of carbonyl (C=O) groups is 2. The smallest absolute Gasteiger partial charge is 0.270 e. The summed E-state index contributed by atoms with van der Waals surface area (Å²) in [5, 5.41) is 2.98. The van der Waals surface area contributed by atoms with Gasteiger partial charge in [-0.1, -0.05) is 46.9 Å². The predicted molar refractivity (Wildman–Crippen MR) is 152 cm³/mol. The van der Waals surface area contributed by atoms with Crippen molar-refractivity contribution in [2.75, 3.05) is 18.3 Å². The van der Waals surface area contributed by atoms with Gasteiger partial charge in [-0.3, -0.25) is 19.8 Å². The molecule has 2 aliphatic heterocycles. The van der Waals surface area contributed by atoms with Gasteiger partial charge in [-0.2, -0.15) is 0 Å². The molecule has 200 valence electrons. The molecule has 2 heterocycles. The highest BCUT2D eigenvalue weighted by Crippen LogP contribution is 2.39. The molecule has 2 aliphatic rings. The van der Waals surface area contributed by atoms with Crippen molar-refractivity contribution in [3.05, 3.63) is 80.3 Å². The Bertz CT molecular complexity index is 1540. The van der Waals surface area contributed by atoms with Crippen molar-refractivity contribution >= 4 is 75.7 Å².